The number of fused-ring (bicyclic) bond motifs is 1. The highest BCUT2D eigenvalue weighted by molar-refractivity contribution is 7.17. The van der Waals surface area contributed by atoms with Gasteiger partial charge in [-0.2, -0.15) is 4.98 Å². The lowest BCUT2D eigenvalue weighted by molar-refractivity contribution is -0.142. The topological polar surface area (TPSA) is 66.3 Å². The largest absolute Gasteiger partial charge is 0.481 e. The van der Waals surface area contributed by atoms with Crippen molar-refractivity contribution >= 4 is 44.9 Å². The van der Waals surface area contributed by atoms with E-state index in [1.54, 1.807) is 11.3 Å². The van der Waals surface area contributed by atoms with E-state index < -0.39 is 5.97 Å². The quantitative estimate of drug-likeness (QED) is 0.863. The number of hydrogen-bond acceptors (Lipinski definition) is 5. The van der Waals surface area contributed by atoms with Crippen molar-refractivity contribution in [1.29, 1.82) is 0 Å². The van der Waals surface area contributed by atoms with Crippen LogP contribution in [0.15, 0.2) is 11.4 Å². The summed E-state index contributed by atoms with van der Waals surface area (Å²) in [5.41, 5.74) is 0.848. The van der Waals surface area contributed by atoms with Gasteiger partial charge in [0.2, 0.25) is 5.28 Å². The molecule has 0 aliphatic carbocycles. The third-order valence-corrected chi connectivity index (χ3v) is 4.47. The normalized spacial score (nSPS) is 17.0. The first-order valence-electron chi connectivity index (χ1n) is 6.03. The fourth-order valence-electron chi connectivity index (χ4n) is 2.37. The number of nitrogens with zero attached hydrogens (tertiary/aromatic N) is 3. The van der Waals surface area contributed by atoms with E-state index in [-0.39, 0.29) is 11.2 Å². The van der Waals surface area contributed by atoms with Crippen molar-refractivity contribution in [3.05, 3.63) is 16.7 Å². The van der Waals surface area contributed by atoms with Crippen LogP contribution in [0.4, 0.5) is 5.82 Å². The molecular formula is C12H12ClN3O2S. The molecular weight excluding hydrogens is 286 g/mol. The molecule has 0 radical (unpaired) electrons. The SMILES string of the molecule is O=C(O)C1CCN(c2nc(Cl)nc3ccsc23)CC1. The number of carboxylic acids is 1. The van der Waals surface area contributed by atoms with Gasteiger partial charge in [-0.25, -0.2) is 4.98 Å². The maximum absolute atomic E-state index is 11.0. The maximum atomic E-state index is 11.0. The number of thiophene rings is 1. The molecule has 0 bridgehead atoms. The van der Waals surface area contributed by atoms with Crippen LogP contribution in [0.1, 0.15) is 12.8 Å². The number of piperidine rings is 1. The number of halogens is 1. The van der Waals surface area contributed by atoms with E-state index in [4.69, 9.17) is 16.7 Å². The summed E-state index contributed by atoms with van der Waals surface area (Å²) in [4.78, 5) is 21.6. The highest BCUT2D eigenvalue weighted by atomic mass is 35.5. The second kappa shape index (κ2) is 4.94. The van der Waals surface area contributed by atoms with Crippen LogP contribution in [-0.4, -0.2) is 34.1 Å². The molecule has 1 fully saturated rings. The summed E-state index contributed by atoms with van der Waals surface area (Å²) in [5, 5.41) is 11.2. The number of aromatic nitrogens is 2. The van der Waals surface area contributed by atoms with Gasteiger partial charge in [0.25, 0.3) is 0 Å². The summed E-state index contributed by atoms with van der Waals surface area (Å²) in [6, 6.07) is 1.92. The predicted octanol–water partition coefficient (Wildman–Crippen LogP) is 2.65. The second-order valence-corrected chi connectivity index (χ2v) is 5.80. The van der Waals surface area contributed by atoms with Gasteiger partial charge in [-0.1, -0.05) is 0 Å². The van der Waals surface area contributed by atoms with E-state index in [1.807, 2.05) is 11.4 Å². The predicted molar refractivity (Wildman–Crippen MR) is 75.0 cm³/mol. The zero-order valence-electron chi connectivity index (χ0n) is 10.0. The maximum Gasteiger partial charge on any atom is 0.306 e. The minimum atomic E-state index is -0.707. The highest BCUT2D eigenvalue weighted by Gasteiger charge is 2.26. The van der Waals surface area contributed by atoms with Gasteiger partial charge >= 0.3 is 5.97 Å². The third-order valence-electron chi connectivity index (χ3n) is 3.40. The van der Waals surface area contributed by atoms with Crippen LogP contribution in [0, 0.1) is 5.92 Å². The van der Waals surface area contributed by atoms with Crippen LogP contribution < -0.4 is 4.90 Å². The molecule has 1 N–H and O–H groups in total. The highest BCUT2D eigenvalue weighted by Crippen LogP contribution is 2.32. The van der Waals surface area contributed by atoms with E-state index in [1.165, 1.54) is 0 Å². The molecule has 1 saturated heterocycles. The van der Waals surface area contributed by atoms with Crippen molar-refractivity contribution < 1.29 is 9.90 Å². The number of aliphatic carboxylic acids is 1. The first-order chi connectivity index (χ1) is 9.15. The van der Waals surface area contributed by atoms with Crippen LogP contribution >= 0.6 is 22.9 Å². The number of anilines is 1. The Morgan fingerprint density at radius 1 is 1.42 bits per heavy atom. The van der Waals surface area contributed by atoms with E-state index in [9.17, 15) is 4.79 Å². The summed E-state index contributed by atoms with van der Waals surface area (Å²) in [7, 11) is 0. The average Bonchev–Trinajstić information content (AvgIpc) is 2.85. The monoisotopic (exact) mass is 297 g/mol. The Morgan fingerprint density at radius 3 is 2.84 bits per heavy atom. The summed E-state index contributed by atoms with van der Waals surface area (Å²) < 4.78 is 1.01. The molecule has 0 aromatic carbocycles. The fraction of sp³-hybridized carbons (Fsp3) is 0.417. The minimum Gasteiger partial charge on any atom is -0.481 e. The zero-order chi connectivity index (χ0) is 13.4. The van der Waals surface area contributed by atoms with Gasteiger partial charge in [0, 0.05) is 13.1 Å². The Balaban J connectivity index is 1.89. The molecule has 2 aromatic heterocycles. The fourth-order valence-corrected chi connectivity index (χ4v) is 3.39. The number of carboxylic acid groups (broad SMARTS) is 1. The Morgan fingerprint density at radius 2 is 2.16 bits per heavy atom. The Kier molecular flexibility index (Phi) is 3.28. The Hall–Kier alpha value is -1.40. The van der Waals surface area contributed by atoms with Gasteiger partial charge in [0.05, 0.1) is 16.1 Å². The Bertz CT molecular complexity index is 622. The molecule has 0 spiro atoms. The van der Waals surface area contributed by atoms with Gasteiger partial charge in [0.1, 0.15) is 0 Å². The van der Waals surface area contributed by atoms with Crippen molar-refractivity contribution in [2.75, 3.05) is 18.0 Å². The lowest BCUT2D eigenvalue weighted by Crippen LogP contribution is -2.36. The summed E-state index contributed by atoms with van der Waals surface area (Å²) in [6.45, 7) is 1.38. The van der Waals surface area contributed by atoms with Crippen molar-refractivity contribution in [1.82, 2.24) is 9.97 Å². The molecule has 3 heterocycles. The molecule has 100 valence electrons. The summed E-state index contributed by atoms with van der Waals surface area (Å²) in [5.74, 6) is -0.122. The molecule has 0 amide bonds. The van der Waals surface area contributed by atoms with Gasteiger partial charge < -0.3 is 10.0 Å². The first kappa shape index (κ1) is 12.6. The second-order valence-electron chi connectivity index (χ2n) is 4.55. The van der Waals surface area contributed by atoms with Crippen LogP contribution in [0.5, 0.6) is 0 Å². The van der Waals surface area contributed by atoms with Crippen molar-refractivity contribution in [3.63, 3.8) is 0 Å². The van der Waals surface area contributed by atoms with Crippen LogP contribution in [0.2, 0.25) is 5.28 Å². The minimum absolute atomic E-state index is 0.237. The van der Waals surface area contributed by atoms with Crippen LogP contribution in [-0.2, 0) is 4.79 Å². The van der Waals surface area contributed by atoms with Crippen molar-refractivity contribution in [2.24, 2.45) is 5.92 Å². The molecule has 2 aromatic rings. The number of rotatable bonds is 2. The van der Waals surface area contributed by atoms with E-state index in [2.05, 4.69) is 14.9 Å². The number of carbonyl (C=O) groups is 1. The molecule has 1 aliphatic heterocycles. The molecule has 19 heavy (non-hydrogen) atoms. The van der Waals surface area contributed by atoms with Gasteiger partial charge in [-0.05, 0) is 35.9 Å². The smallest absolute Gasteiger partial charge is 0.306 e. The third kappa shape index (κ3) is 2.37. The van der Waals surface area contributed by atoms with Crippen molar-refractivity contribution in [3.8, 4) is 0 Å². The first-order valence-corrected chi connectivity index (χ1v) is 7.29. The molecule has 0 unspecified atom stereocenters. The molecule has 3 rings (SSSR count). The summed E-state index contributed by atoms with van der Waals surface area (Å²) in [6.07, 6.45) is 1.29. The molecule has 5 nitrogen and oxygen atoms in total. The molecule has 0 atom stereocenters. The molecule has 7 heteroatoms. The lowest BCUT2D eigenvalue weighted by Gasteiger charge is -2.31. The number of hydrogen-bond donors (Lipinski definition) is 1. The lowest BCUT2D eigenvalue weighted by atomic mass is 9.97. The summed E-state index contributed by atoms with van der Waals surface area (Å²) >= 11 is 7.52. The standard InChI is InChI=1S/C12H12ClN3O2S/c13-12-14-8-3-6-19-9(8)10(15-12)16-4-1-7(2-5-16)11(17)18/h3,6-7H,1-2,4-5H2,(H,17,18). The molecule has 1 aliphatic rings. The van der Waals surface area contributed by atoms with Crippen LogP contribution in [0.25, 0.3) is 10.2 Å². The van der Waals surface area contributed by atoms with E-state index >= 15 is 0 Å². The van der Waals surface area contributed by atoms with Crippen molar-refractivity contribution in [2.45, 2.75) is 12.8 Å². The van der Waals surface area contributed by atoms with E-state index in [0.29, 0.717) is 25.9 Å². The van der Waals surface area contributed by atoms with E-state index in [0.717, 1.165) is 16.0 Å². The zero-order valence-corrected chi connectivity index (χ0v) is 11.6. The Labute approximate surface area is 118 Å². The van der Waals surface area contributed by atoms with Gasteiger partial charge in [-0.15, -0.1) is 11.3 Å². The van der Waals surface area contributed by atoms with Gasteiger partial charge in [0.15, 0.2) is 5.82 Å². The van der Waals surface area contributed by atoms with Crippen LogP contribution in [0.3, 0.4) is 0 Å². The van der Waals surface area contributed by atoms with Gasteiger partial charge in [-0.3, -0.25) is 4.79 Å². The molecule has 0 saturated carbocycles. The average molecular weight is 298 g/mol.